The van der Waals surface area contributed by atoms with Crippen LogP contribution in [0.5, 0.6) is 0 Å². The topological polar surface area (TPSA) is 159 Å². The molecule has 2 rings (SSSR count). The van der Waals surface area contributed by atoms with Crippen molar-refractivity contribution in [2.45, 2.75) is 117 Å². The van der Waals surface area contributed by atoms with Crippen LogP contribution < -0.4 is 11.1 Å². The Balaban J connectivity index is 1.97. The Labute approximate surface area is 239 Å². The SMILES string of the molecule is CCC(C)(C)C(=O)O[C@H]1C[C@@H](C)C=C2C=C[C@H](C)[C@H](CC[C@@H](O)C[C@@H](O)CC(=O)NC(CCCCN)C(=O)O)C21. The van der Waals surface area contributed by atoms with Crippen molar-refractivity contribution in [3.8, 4) is 0 Å². The third kappa shape index (κ3) is 10.00. The van der Waals surface area contributed by atoms with E-state index in [-0.39, 0.29) is 49.1 Å². The van der Waals surface area contributed by atoms with Gasteiger partial charge in [0.15, 0.2) is 0 Å². The van der Waals surface area contributed by atoms with Gasteiger partial charge in [-0.25, -0.2) is 4.79 Å². The van der Waals surface area contributed by atoms with E-state index < -0.39 is 35.5 Å². The van der Waals surface area contributed by atoms with Crippen LogP contribution in [0.1, 0.15) is 92.4 Å². The maximum absolute atomic E-state index is 13.0. The number of fused-ring (bicyclic) bond motifs is 1. The standard InChI is InChI=1S/C31H52N2O7/c1-6-31(4,5)30(39)40-26-16-19(2)15-21-11-10-20(3)24(28(21)26)13-12-22(34)17-23(35)18-27(36)33-25(29(37)38)9-7-8-14-32/h10-11,15,19-20,22-26,28,34-35H,6-9,12-14,16-18,32H2,1-5H3,(H,33,36)(H,37,38)/t19-,20-,22+,23+,24-,25?,26-,28?/m0/s1. The van der Waals surface area contributed by atoms with Crippen LogP contribution in [0.25, 0.3) is 0 Å². The molecule has 0 aromatic heterocycles. The largest absolute Gasteiger partial charge is 0.480 e. The smallest absolute Gasteiger partial charge is 0.326 e. The monoisotopic (exact) mass is 564 g/mol. The molecule has 2 aliphatic carbocycles. The molecule has 9 nitrogen and oxygen atoms in total. The van der Waals surface area contributed by atoms with Gasteiger partial charge >= 0.3 is 11.9 Å². The average Bonchev–Trinajstić information content (AvgIpc) is 2.87. The molecular weight excluding hydrogens is 512 g/mol. The lowest BCUT2D eigenvalue weighted by atomic mass is 9.65. The van der Waals surface area contributed by atoms with Crippen molar-refractivity contribution in [3.05, 3.63) is 23.8 Å². The van der Waals surface area contributed by atoms with E-state index in [1.165, 1.54) is 5.57 Å². The molecule has 0 spiro atoms. The van der Waals surface area contributed by atoms with Gasteiger partial charge in [-0.05, 0) is 95.1 Å². The van der Waals surface area contributed by atoms with E-state index in [1.54, 1.807) is 0 Å². The predicted octanol–water partition coefficient (Wildman–Crippen LogP) is 3.72. The molecule has 0 radical (unpaired) electrons. The van der Waals surface area contributed by atoms with E-state index >= 15 is 0 Å². The van der Waals surface area contributed by atoms with E-state index in [1.807, 2.05) is 20.8 Å². The molecule has 6 N–H and O–H groups in total. The molecule has 1 amide bonds. The van der Waals surface area contributed by atoms with Crippen LogP contribution in [-0.2, 0) is 19.1 Å². The second-order valence-electron chi connectivity index (χ2n) is 12.5. The van der Waals surface area contributed by atoms with Crippen molar-refractivity contribution in [2.75, 3.05) is 6.54 Å². The first-order valence-corrected chi connectivity index (χ1v) is 15.0. The van der Waals surface area contributed by atoms with Crippen molar-refractivity contribution in [1.82, 2.24) is 5.32 Å². The molecule has 0 fully saturated rings. The summed E-state index contributed by atoms with van der Waals surface area (Å²) in [7, 11) is 0. The number of carboxylic acid groups (broad SMARTS) is 1. The Morgan fingerprint density at radius 3 is 2.48 bits per heavy atom. The molecule has 0 saturated carbocycles. The number of nitrogens with two attached hydrogens (primary N) is 1. The molecule has 0 aromatic rings. The number of carboxylic acids is 1. The first-order valence-electron chi connectivity index (χ1n) is 15.0. The number of aliphatic hydroxyl groups excluding tert-OH is 2. The quantitative estimate of drug-likeness (QED) is 0.140. The van der Waals surface area contributed by atoms with Gasteiger partial charge in [0.05, 0.1) is 24.0 Å². The first kappa shape index (κ1) is 34.0. The molecule has 0 aliphatic heterocycles. The highest BCUT2D eigenvalue weighted by Gasteiger charge is 2.42. The van der Waals surface area contributed by atoms with Crippen LogP contribution in [0.15, 0.2) is 23.8 Å². The summed E-state index contributed by atoms with van der Waals surface area (Å²) in [6.07, 6.45) is 8.25. The summed E-state index contributed by atoms with van der Waals surface area (Å²) >= 11 is 0. The molecule has 0 heterocycles. The molecule has 2 aliphatic rings. The fraction of sp³-hybridized carbons (Fsp3) is 0.774. The van der Waals surface area contributed by atoms with Crippen LogP contribution >= 0.6 is 0 Å². The fourth-order valence-corrected chi connectivity index (χ4v) is 5.78. The number of amides is 1. The minimum atomic E-state index is -1.12. The van der Waals surface area contributed by atoms with Gasteiger partial charge in [0.2, 0.25) is 5.91 Å². The van der Waals surface area contributed by atoms with Crippen molar-refractivity contribution < 1.29 is 34.4 Å². The number of ether oxygens (including phenoxy) is 1. The van der Waals surface area contributed by atoms with E-state index in [9.17, 15) is 29.7 Å². The lowest BCUT2D eigenvalue weighted by Gasteiger charge is -2.44. The molecule has 228 valence electrons. The highest BCUT2D eigenvalue weighted by atomic mass is 16.5. The Hall–Kier alpha value is -2.23. The number of esters is 1. The van der Waals surface area contributed by atoms with Gasteiger partial charge < -0.3 is 31.1 Å². The summed E-state index contributed by atoms with van der Waals surface area (Å²) in [6.45, 7) is 10.5. The molecule has 8 atom stereocenters. The zero-order chi connectivity index (χ0) is 30.0. The molecule has 2 unspecified atom stereocenters. The Morgan fingerprint density at radius 2 is 1.85 bits per heavy atom. The Bertz CT molecular complexity index is 915. The average molecular weight is 565 g/mol. The third-order valence-corrected chi connectivity index (χ3v) is 8.67. The first-order chi connectivity index (χ1) is 18.8. The number of carbonyl (C=O) groups is 3. The normalized spacial score (nSPS) is 26.7. The summed E-state index contributed by atoms with van der Waals surface area (Å²) < 4.78 is 6.15. The van der Waals surface area contributed by atoms with Crippen molar-refractivity contribution in [3.63, 3.8) is 0 Å². The second-order valence-corrected chi connectivity index (χ2v) is 12.5. The van der Waals surface area contributed by atoms with Gasteiger partial charge in [-0.2, -0.15) is 0 Å². The van der Waals surface area contributed by atoms with Crippen LogP contribution in [-0.4, -0.2) is 64.1 Å². The maximum atomic E-state index is 13.0. The number of aliphatic carboxylic acids is 1. The minimum Gasteiger partial charge on any atom is -0.480 e. The van der Waals surface area contributed by atoms with Gasteiger partial charge in [-0.3, -0.25) is 9.59 Å². The zero-order valence-electron chi connectivity index (χ0n) is 25.0. The maximum Gasteiger partial charge on any atom is 0.326 e. The van der Waals surface area contributed by atoms with Crippen molar-refractivity contribution in [1.29, 1.82) is 0 Å². The zero-order valence-corrected chi connectivity index (χ0v) is 25.0. The van der Waals surface area contributed by atoms with Crippen LogP contribution in [0.2, 0.25) is 0 Å². The second kappa shape index (κ2) is 15.7. The number of aliphatic hydroxyl groups is 2. The number of nitrogens with one attached hydrogen (secondary N) is 1. The number of hydrogen-bond donors (Lipinski definition) is 5. The molecule has 9 heteroatoms. The summed E-state index contributed by atoms with van der Waals surface area (Å²) in [6, 6.07) is -1.03. The molecule has 40 heavy (non-hydrogen) atoms. The number of hydrogen-bond acceptors (Lipinski definition) is 7. The number of allylic oxidation sites excluding steroid dienone is 3. The van der Waals surface area contributed by atoms with Gasteiger partial charge in [0.25, 0.3) is 0 Å². The molecule has 0 bridgehead atoms. The molecule has 0 aromatic carbocycles. The number of unbranched alkanes of at least 4 members (excludes halogenated alkanes) is 1. The van der Waals surface area contributed by atoms with E-state index in [0.29, 0.717) is 44.6 Å². The molecule has 0 saturated heterocycles. The lowest BCUT2D eigenvalue weighted by molar-refractivity contribution is -0.164. The summed E-state index contributed by atoms with van der Waals surface area (Å²) in [5, 5.41) is 33.0. The molecular formula is C31H52N2O7. The van der Waals surface area contributed by atoms with Crippen molar-refractivity contribution >= 4 is 17.8 Å². The number of rotatable bonds is 16. The van der Waals surface area contributed by atoms with Crippen LogP contribution in [0, 0.1) is 29.1 Å². The highest BCUT2D eigenvalue weighted by Crippen LogP contribution is 2.45. The third-order valence-electron chi connectivity index (χ3n) is 8.67. The van der Waals surface area contributed by atoms with Crippen molar-refractivity contribution in [2.24, 2.45) is 34.8 Å². The van der Waals surface area contributed by atoms with Crippen LogP contribution in [0.4, 0.5) is 0 Å². The summed E-state index contributed by atoms with van der Waals surface area (Å²) in [5.41, 5.74) is 6.08. The predicted molar refractivity (Wildman–Crippen MR) is 154 cm³/mol. The summed E-state index contributed by atoms with van der Waals surface area (Å²) in [5.74, 6) is -1.14. The summed E-state index contributed by atoms with van der Waals surface area (Å²) in [4.78, 5) is 36.8. The van der Waals surface area contributed by atoms with Gasteiger partial charge in [0, 0.05) is 5.92 Å². The lowest BCUT2D eigenvalue weighted by Crippen LogP contribution is -2.43. The Kier molecular flexibility index (Phi) is 13.3. The minimum absolute atomic E-state index is 0.0166. The van der Waals surface area contributed by atoms with Gasteiger partial charge in [0.1, 0.15) is 12.1 Å². The van der Waals surface area contributed by atoms with Gasteiger partial charge in [-0.15, -0.1) is 0 Å². The van der Waals surface area contributed by atoms with E-state index in [2.05, 4.69) is 37.4 Å². The van der Waals surface area contributed by atoms with E-state index in [4.69, 9.17) is 10.5 Å². The Morgan fingerprint density at radius 1 is 1.15 bits per heavy atom. The fourth-order valence-electron chi connectivity index (χ4n) is 5.78. The van der Waals surface area contributed by atoms with Gasteiger partial charge in [-0.1, -0.05) is 39.0 Å². The van der Waals surface area contributed by atoms with E-state index in [0.717, 1.165) is 6.42 Å². The highest BCUT2D eigenvalue weighted by molar-refractivity contribution is 5.83. The van der Waals surface area contributed by atoms with Crippen LogP contribution in [0.3, 0.4) is 0 Å². The number of carbonyl (C=O) groups excluding carboxylic acids is 2.